The van der Waals surface area contributed by atoms with Gasteiger partial charge in [-0.1, -0.05) is 45.0 Å². The summed E-state index contributed by atoms with van der Waals surface area (Å²) in [5, 5.41) is 0. The molecule has 0 N–H and O–H groups in total. The van der Waals surface area contributed by atoms with Gasteiger partial charge in [0.05, 0.1) is 13.7 Å². The highest BCUT2D eigenvalue weighted by molar-refractivity contribution is 5.97. The van der Waals surface area contributed by atoms with Crippen molar-refractivity contribution in [3.8, 4) is 5.75 Å². The van der Waals surface area contributed by atoms with E-state index in [1.807, 2.05) is 36.2 Å². The predicted octanol–water partition coefficient (Wildman–Crippen LogP) is 3.97. The third kappa shape index (κ3) is 3.40. The Bertz CT molecular complexity index is 745. The molecule has 4 heteroatoms. The summed E-state index contributed by atoms with van der Waals surface area (Å²) in [6.45, 7) is 7.03. The van der Waals surface area contributed by atoms with Gasteiger partial charge in [0.2, 0.25) is 5.91 Å². The topological polar surface area (TPSA) is 32.8 Å². The molecular weight excluding hydrogens is 312 g/mol. The average Bonchev–Trinajstić information content (AvgIpc) is 2.88. The van der Waals surface area contributed by atoms with Crippen LogP contribution in [-0.4, -0.2) is 31.5 Å². The monoisotopic (exact) mass is 338 g/mol. The van der Waals surface area contributed by atoms with E-state index in [9.17, 15) is 4.79 Å². The highest BCUT2D eigenvalue weighted by Gasteiger charge is 2.37. The van der Waals surface area contributed by atoms with Crippen LogP contribution < -0.4 is 9.64 Å². The number of benzene rings is 2. The van der Waals surface area contributed by atoms with Gasteiger partial charge in [-0.05, 0) is 47.9 Å². The molecule has 1 aliphatic rings. The van der Waals surface area contributed by atoms with Crippen molar-refractivity contribution in [1.82, 2.24) is 4.90 Å². The van der Waals surface area contributed by atoms with Crippen molar-refractivity contribution < 1.29 is 9.53 Å². The van der Waals surface area contributed by atoms with Gasteiger partial charge in [0.25, 0.3) is 0 Å². The number of hydrogen-bond acceptors (Lipinski definition) is 3. The number of likely N-dealkylation sites (N-methyl/N-ethyl adjacent to an activating group) is 1. The number of methoxy groups -OCH3 is 1. The molecule has 2 aromatic carbocycles. The molecule has 132 valence electrons. The fraction of sp³-hybridized carbons (Fsp3) is 0.381. The summed E-state index contributed by atoms with van der Waals surface area (Å²) < 4.78 is 5.22. The SMILES string of the molecule is COc1ccc(N2C(=O)CN(C)C2c2ccc(C(C)(C)C)cc2)cc1. The van der Waals surface area contributed by atoms with E-state index in [1.165, 1.54) is 5.56 Å². The third-order valence-corrected chi connectivity index (χ3v) is 4.74. The van der Waals surface area contributed by atoms with Crippen molar-refractivity contribution in [2.24, 2.45) is 0 Å². The lowest BCUT2D eigenvalue weighted by Crippen LogP contribution is -2.30. The van der Waals surface area contributed by atoms with Crippen molar-refractivity contribution in [2.75, 3.05) is 25.6 Å². The molecule has 2 aromatic rings. The first-order chi connectivity index (χ1) is 11.8. The molecule has 0 saturated carbocycles. The molecule has 1 aliphatic heterocycles. The summed E-state index contributed by atoms with van der Waals surface area (Å²) in [5.41, 5.74) is 3.42. The number of amides is 1. The normalized spacial score (nSPS) is 18.7. The zero-order chi connectivity index (χ0) is 18.2. The van der Waals surface area contributed by atoms with Crippen LogP contribution in [0.5, 0.6) is 5.75 Å². The molecule has 0 bridgehead atoms. The molecule has 1 saturated heterocycles. The Morgan fingerprint density at radius 1 is 1.00 bits per heavy atom. The van der Waals surface area contributed by atoms with Gasteiger partial charge in [-0.25, -0.2) is 0 Å². The summed E-state index contributed by atoms with van der Waals surface area (Å²) >= 11 is 0. The van der Waals surface area contributed by atoms with E-state index in [-0.39, 0.29) is 17.5 Å². The first kappa shape index (κ1) is 17.5. The second-order valence-electron chi connectivity index (χ2n) is 7.62. The molecule has 0 radical (unpaired) electrons. The first-order valence-corrected chi connectivity index (χ1v) is 8.58. The molecule has 25 heavy (non-hydrogen) atoms. The quantitative estimate of drug-likeness (QED) is 0.849. The Labute approximate surface area is 150 Å². The second kappa shape index (κ2) is 6.52. The molecule has 1 atom stereocenters. The molecule has 3 rings (SSSR count). The van der Waals surface area contributed by atoms with E-state index in [0.717, 1.165) is 17.0 Å². The van der Waals surface area contributed by atoms with E-state index in [1.54, 1.807) is 7.11 Å². The molecule has 1 unspecified atom stereocenters. The van der Waals surface area contributed by atoms with Gasteiger partial charge in [0.1, 0.15) is 11.9 Å². The van der Waals surface area contributed by atoms with Crippen LogP contribution in [0.2, 0.25) is 0 Å². The zero-order valence-electron chi connectivity index (χ0n) is 15.6. The van der Waals surface area contributed by atoms with Gasteiger partial charge in [-0.3, -0.25) is 14.6 Å². The van der Waals surface area contributed by atoms with Crippen LogP contribution in [0.25, 0.3) is 0 Å². The highest BCUT2D eigenvalue weighted by Crippen LogP contribution is 2.35. The minimum Gasteiger partial charge on any atom is -0.497 e. The maximum absolute atomic E-state index is 12.6. The van der Waals surface area contributed by atoms with Crippen molar-refractivity contribution in [1.29, 1.82) is 0 Å². The number of nitrogens with zero attached hydrogens (tertiary/aromatic N) is 2. The Hall–Kier alpha value is -2.33. The zero-order valence-corrected chi connectivity index (χ0v) is 15.6. The average molecular weight is 338 g/mol. The third-order valence-electron chi connectivity index (χ3n) is 4.74. The molecule has 0 aliphatic carbocycles. The van der Waals surface area contributed by atoms with Gasteiger partial charge in [0, 0.05) is 5.69 Å². The van der Waals surface area contributed by atoms with Crippen molar-refractivity contribution in [3.05, 3.63) is 59.7 Å². The number of carbonyl (C=O) groups is 1. The first-order valence-electron chi connectivity index (χ1n) is 8.58. The molecule has 1 amide bonds. The number of rotatable bonds is 3. The summed E-state index contributed by atoms with van der Waals surface area (Å²) in [4.78, 5) is 16.6. The van der Waals surface area contributed by atoms with Crippen LogP contribution in [0.4, 0.5) is 5.69 Å². The Balaban J connectivity index is 1.95. The van der Waals surface area contributed by atoms with E-state index < -0.39 is 0 Å². The summed E-state index contributed by atoms with van der Waals surface area (Å²) in [6, 6.07) is 16.3. The Morgan fingerprint density at radius 2 is 1.60 bits per heavy atom. The van der Waals surface area contributed by atoms with E-state index in [2.05, 4.69) is 49.9 Å². The predicted molar refractivity (Wildman–Crippen MR) is 101 cm³/mol. The fourth-order valence-electron chi connectivity index (χ4n) is 3.30. The summed E-state index contributed by atoms with van der Waals surface area (Å²) in [5.74, 6) is 0.896. The van der Waals surface area contributed by atoms with E-state index in [4.69, 9.17) is 4.74 Å². The maximum Gasteiger partial charge on any atom is 0.242 e. The van der Waals surface area contributed by atoms with Gasteiger partial charge >= 0.3 is 0 Å². The van der Waals surface area contributed by atoms with Gasteiger partial charge < -0.3 is 4.74 Å². The second-order valence-corrected chi connectivity index (χ2v) is 7.62. The van der Waals surface area contributed by atoms with Crippen LogP contribution >= 0.6 is 0 Å². The minimum absolute atomic E-state index is 0.0880. The fourth-order valence-corrected chi connectivity index (χ4v) is 3.30. The van der Waals surface area contributed by atoms with Gasteiger partial charge in [0.15, 0.2) is 0 Å². The summed E-state index contributed by atoms with van der Waals surface area (Å²) in [6.07, 6.45) is -0.0880. The minimum atomic E-state index is -0.0880. The Morgan fingerprint density at radius 3 is 2.12 bits per heavy atom. The lowest BCUT2D eigenvalue weighted by atomic mass is 9.86. The molecule has 0 spiro atoms. The molecule has 1 heterocycles. The van der Waals surface area contributed by atoms with Crippen LogP contribution in [0.3, 0.4) is 0 Å². The van der Waals surface area contributed by atoms with Crippen molar-refractivity contribution >= 4 is 11.6 Å². The van der Waals surface area contributed by atoms with Crippen LogP contribution in [0, 0.1) is 0 Å². The Kier molecular flexibility index (Phi) is 4.56. The maximum atomic E-state index is 12.6. The van der Waals surface area contributed by atoms with Crippen LogP contribution in [-0.2, 0) is 10.2 Å². The lowest BCUT2D eigenvalue weighted by molar-refractivity contribution is -0.116. The lowest BCUT2D eigenvalue weighted by Gasteiger charge is -2.29. The number of hydrogen-bond donors (Lipinski definition) is 0. The molecule has 4 nitrogen and oxygen atoms in total. The van der Waals surface area contributed by atoms with Crippen molar-refractivity contribution in [2.45, 2.75) is 32.4 Å². The number of anilines is 1. The summed E-state index contributed by atoms with van der Waals surface area (Å²) in [7, 11) is 3.63. The molecule has 1 fully saturated rings. The van der Waals surface area contributed by atoms with E-state index >= 15 is 0 Å². The molecular formula is C21H26N2O2. The van der Waals surface area contributed by atoms with Gasteiger partial charge in [-0.2, -0.15) is 0 Å². The highest BCUT2D eigenvalue weighted by atomic mass is 16.5. The number of ether oxygens (including phenoxy) is 1. The standard InChI is InChI=1S/C21H26N2O2/c1-21(2,3)16-8-6-15(7-9-16)20-22(4)14-19(24)23(20)17-10-12-18(25-5)13-11-17/h6-13,20H,14H2,1-5H3. The van der Waals surface area contributed by atoms with Crippen LogP contribution in [0.1, 0.15) is 38.1 Å². The largest absolute Gasteiger partial charge is 0.497 e. The van der Waals surface area contributed by atoms with Crippen LogP contribution in [0.15, 0.2) is 48.5 Å². The van der Waals surface area contributed by atoms with Gasteiger partial charge in [-0.15, -0.1) is 0 Å². The smallest absolute Gasteiger partial charge is 0.242 e. The molecule has 0 aromatic heterocycles. The van der Waals surface area contributed by atoms with E-state index in [0.29, 0.717) is 6.54 Å². The number of carbonyl (C=O) groups excluding carboxylic acids is 1. The van der Waals surface area contributed by atoms with Crippen molar-refractivity contribution in [3.63, 3.8) is 0 Å².